The van der Waals surface area contributed by atoms with Gasteiger partial charge < -0.3 is 10.6 Å². The van der Waals surface area contributed by atoms with Crippen LogP contribution in [0.3, 0.4) is 0 Å². The maximum Gasteiger partial charge on any atom is 0.293 e. The van der Waals surface area contributed by atoms with Crippen LogP contribution in [0.4, 0.5) is 11.4 Å². The van der Waals surface area contributed by atoms with Gasteiger partial charge in [0, 0.05) is 17.6 Å². The van der Waals surface area contributed by atoms with Gasteiger partial charge in [-0.1, -0.05) is 18.5 Å². The van der Waals surface area contributed by atoms with Crippen LogP contribution in [0.5, 0.6) is 0 Å². The fourth-order valence-corrected chi connectivity index (χ4v) is 2.28. The Hall–Kier alpha value is -1.82. The van der Waals surface area contributed by atoms with Gasteiger partial charge in [-0.15, -0.1) is 0 Å². The number of rotatable bonds is 3. The molecular weight excluding hydrogens is 270 g/mol. The topological polar surface area (TPSA) is 84.3 Å². The third-order valence-corrected chi connectivity index (χ3v) is 3.45. The molecule has 1 aromatic rings. The van der Waals surface area contributed by atoms with Crippen LogP contribution in [-0.4, -0.2) is 23.4 Å². The Labute approximate surface area is 115 Å². The number of carbonyl (C=O) groups excluding carboxylic acids is 1. The molecule has 2 unspecified atom stereocenters. The van der Waals surface area contributed by atoms with E-state index in [0.717, 1.165) is 6.42 Å². The summed E-state index contributed by atoms with van der Waals surface area (Å²) < 4.78 is 0. The van der Waals surface area contributed by atoms with Crippen LogP contribution >= 0.6 is 11.6 Å². The third-order valence-electron chi connectivity index (χ3n) is 3.22. The second-order valence-electron chi connectivity index (χ2n) is 4.60. The van der Waals surface area contributed by atoms with Gasteiger partial charge >= 0.3 is 0 Å². The van der Waals surface area contributed by atoms with E-state index in [-0.39, 0.29) is 17.5 Å². The highest BCUT2D eigenvalue weighted by atomic mass is 35.5. The molecule has 0 spiro atoms. The van der Waals surface area contributed by atoms with Crippen molar-refractivity contribution in [1.29, 1.82) is 0 Å². The number of nitro benzene ring substituents is 1. The lowest BCUT2D eigenvalue weighted by Crippen LogP contribution is -2.49. The van der Waals surface area contributed by atoms with Crippen LogP contribution in [0.1, 0.15) is 13.3 Å². The summed E-state index contributed by atoms with van der Waals surface area (Å²) in [6, 6.07) is 3.89. The zero-order valence-corrected chi connectivity index (χ0v) is 11.1. The number of carbonyl (C=O) groups is 1. The molecule has 19 heavy (non-hydrogen) atoms. The maximum atomic E-state index is 11.8. The first kappa shape index (κ1) is 13.6. The predicted octanol–water partition coefficient (Wildman–Crippen LogP) is 2.18. The van der Waals surface area contributed by atoms with Crippen LogP contribution in [0.25, 0.3) is 0 Å². The van der Waals surface area contributed by atoms with Crippen molar-refractivity contribution < 1.29 is 9.72 Å². The summed E-state index contributed by atoms with van der Waals surface area (Å²) in [4.78, 5) is 22.3. The lowest BCUT2D eigenvalue weighted by Gasteiger charge is -2.29. The Kier molecular flexibility index (Phi) is 3.90. The summed E-state index contributed by atoms with van der Waals surface area (Å²) in [5.74, 6) is -0.0213. The van der Waals surface area contributed by atoms with Crippen LogP contribution < -0.4 is 10.6 Å². The Balaban J connectivity index is 2.27. The van der Waals surface area contributed by atoms with Gasteiger partial charge in [-0.2, -0.15) is 0 Å². The molecule has 0 bridgehead atoms. The number of anilines is 1. The number of nitro groups is 1. The van der Waals surface area contributed by atoms with E-state index >= 15 is 0 Å². The molecule has 1 heterocycles. The van der Waals surface area contributed by atoms with Gasteiger partial charge in [-0.25, -0.2) is 0 Å². The number of nitrogens with one attached hydrogen (secondary N) is 2. The van der Waals surface area contributed by atoms with Crippen molar-refractivity contribution in [2.75, 3.05) is 11.9 Å². The Morgan fingerprint density at radius 3 is 2.89 bits per heavy atom. The van der Waals surface area contributed by atoms with E-state index in [9.17, 15) is 14.9 Å². The van der Waals surface area contributed by atoms with E-state index in [2.05, 4.69) is 10.6 Å². The minimum atomic E-state index is -0.514. The average Bonchev–Trinajstić information content (AvgIpc) is 2.35. The molecule has 1 fully saturated rings. The van der Waals surface area contributed by atoms with E-state index in [0.29, 0.717) is 17.3 Å². The highest BCUT2D eigenvalue weighted by Crippen LogP contribution is 2.29. The van der Waals surface area contributed by atoms with Crippen molar-refractivity contribution >= 4 is 28.9 Å². The second-order valence-corrected chi connectivity index (χ2v) is 5.03. The highest BCUT2D eigenvalue weighted by molar-refractivity contribution is 6.30. The molecule has 1 aromatic carbocycles. The Morgan fingerprint density at radius 1 is 1.53 bits per heavy atom. The fraction of sp³-hybridized carbons (Fsp3) is 0.417. The van der Waals surface area contributed by atoms with Crippen molar-refractivity contribution in [3.05, 3.63) is 33.3 Å². The smallest absolute Gasteiger partial charge is 0.293 e. The van der Waals surface area contributed by atoms with Crippen molar-refractivity contribution in [2.24, 2.45) is 5.92 Å². The van der Waals surface area contributed by atoms with Gasteiger partial charge in [-0.05, 0) is 24.5 Å². The molecule has 1 saturated heterocycles. The molecule has 0 aliphatic carbocycles. The largest absolute Gasteiger partial charge is 0.368 e. The van der Waals surface area contributed by atoms with Gasteiger partial charge in [0.05, 0.1) is 4.92 Å². The van der Waals surface area contributed by atoms with Crippen LogP contribution in [0.15, 0.2) is 18.2 Å². The van der Waals surface area contributed by atoms with E-state index in [1.54, 1.807) is 6.07 Å². The first-order chi connectivity index (χ1) is 8.99. The van der Waals surface area contributed by atoms with Crippen molar-refractivity contribution in [1.82, 2.24) is 5.32 Å². The third kappa shape index (κ3) is 2.96. The molecule has 102 valence electrons. The molecular formula is C12H14ClN3O3. The highest BCUT2D eigenvalue weighted by Gasteiger charge is 2.30. The zero-order valence-electron chi connectivity index (χ0n) is 10.4. The molecule has 0 aromatic heterocycles. The number of benzene rings is 1. The van der Waals surface area contributed by atoms with Gasteiger partial charge in [0.25, 0.3) is 5.69 Å². The SMILES string of the molecule is CC1CCNC(=O)C1Nc1ccc(Cl)cc1[N+](=O)[O-]. The zero-order chi connectivity index (χ0) is 14.0. The van der Waals surface area contributed by atoms with Crippen LogP contribution in [0.2, 0.25) is 5.02 Å². The fourth-order valence-electron chi connectivity index (χ4n) is 2.11. The Morgan fingerprint density at radius 2 is 2.26 bits per heavy atom. The molecule has 6 nitrogen and oxygen atoms in total. The summed E-state index contributed by atoms with van der Waals surface area (Å²) in [6.07, 6.45) is 0.838. The summed E-state index contributed by atoms with van der Waals surface area (Å²) in [7, 11) is 0. The van der Waals surface area contributed by atoms with Gasteiger partial charge in [0.1, 0.15) is 11.7 Å². The first-order valence-corrected chi connectivity index (χ1v) is 6.35. The number of piperidine rings is 1. The molecule has 1 aliphatic heterocycles. The van der Waals surface area contributed by atoms with E-state index < -0.39 is 11.0 Å². The van der Waals surface area contributed by atoms with Crippen molar-refractivity contribution in [3.63, 3.8) is 0 Å². The van der Waals surface area contributed by atoms with Crippen molar-refractivity contribution in [2.45, 2.75) is 19.4 Å². The van der Waals surface area contributed by atoms with E-state index in [1.807, 2.05) is 6.92 Å². The van der Waals surface area contributed by atoms with E-state index in [4.69, 9.17) is 11.6 Å². The molecule has 1 aliphatic rings. The molecule has 1 amide bonds. The molecule has 2 rings (SSSR count). The molecule has 2 atom stereocenters. The number of amides is 1. The molecule has 7 heteroatoms. The number of nitrogens with zero attached hydrogens (tertiary/aromatic N) is 1. The monoisotopic (exact) mass is 283 g/mol. The van der Waals surface area contributed by atoms with E-state index in [1.165, 1.54) is 12.1 Å². The molecule has 0 radical (unpaired) electrons. The number of hydrogen-bond donors (Lipinski definition) is 2. The van der Waals surface area contributed by atoms with Gasteiger partial charge in [-0.3, -0.25) is 14.9 Å². The standard InChI is InChI=1S/C12H14ClN3O3/c1-7-4-5-14-12(17)11(7)15-9-3-2-8(13)6-10(9)16(18)19/h2-3,6-7,11,15H,4-5H2,1H3,(H,14,17). The average molecular weight is 284 g/mol. The van der Waals surface area contributed by atoms with Gasteiger partial charge in [0.2, 0.25) is 5.91 Å². The minimum Gasteiger partial charge on any atom is -0.368 e. The molecule has 0 saturated carbocycles. The lowest BCUT2D eigenvalue weighted by molar-refractivity contribution is -0.384. The minimum absolute atomic E-state index is 0.115. The summed E-state index contributed by atoms with van der Waals surface area (Å²) in [5.41, 5.74) is 0.182. The summed E-state index contributed by atoms with van der Waals surface area (Å²) in [6.45, 7) is 2.58. The normalized spacial score (nSPS) is 22.7. The second kappa shape index (κ2) is 5.44. The summed E-state index contributed by atoms with van der Waals surface area (Å²) in [5, 5.41) is 17.0. The first-order valence-electron chi connectivity index (χ1n) is 5.97. The lowest BCUT2D eigenvalue weighted by atomic mass is 9.94. The number of halogens is 1. The van der Waals surface area contributed by atoms with Crippen molar-refractivity contribution in [3.8, 4) is 0 Å². The maximum absolute atomic E-state index is 11.8. The molecule has 2 N–H and O–H groups in total. The van der Waals surface area contributed by atoms with Crippen LogP contribution in [-0.2, 0) is 4.79 Å². The predicted molar refractivity (Wildman–Crippen MR) is 72.3 cm³/mol. The Bertz CT molecular complexity index is 521. The van der Waals surface area contributed by atoms with Gasteiger partial charge in [0.15, 0.2) is 0 Å². The van der Waals surface area contributed by atoms with Crippen LogP contribution in [0, 0.1) is 16.0 Å². The quantitative estimate of drug-likeness (QED) is 0.658. The summed E-state index contributed by atoms with van der Waals surface area (Å²) >= 11 is 5.75. The number of hydrogen-bond acceptors (Lipinski definition) is 4.